The molecule has 0 radical (unpaired) electrons. The highest BCUT2D eigenvalue weighted by Gasteiger charge is 2.31. The number of halogens is 5. The van der Waals surface area contributed by atoms with Crippen molar-refractivity contribution in [2.24, 2.45) is 0 Å². The Balaban J connectivity index is 0.00000288. The molecule has 0 amide bonds. The van der Waals surface area contributed by atoms with E-state index in [9.17, 15) is 18.0 Å². The molecule has 0 saturated heterocycles. The van der Waals surface area contributed by atoms with E-state index in [0.29, 0.717) is 0 Å². The highest BCUT2D eigenvalue weighted by atomic mass is 35.5. The second-order valence-corrected chi connectivity index (χ2v) is 5.48. The molecule has 0 spiro atoms. The molecule has 24 heavy (non-hydrogen) atoms. The minimum Gasteiger partial charge on any atom is -0.456 e. The van der Waals surface area contributed by atoms with Gasteiger partial charge in [-0.1, -0.05) is 30.1 Å². The van der Waals surface area contributed by atoms with Crippen LogP contribution in [0.2, 0.25) is 10.0 Å². The van der Waals surface area contributed by atoms with E-state index in [2.05, 4.69) is 0 Å². The topological polar surface area (TPSA) is 61.3 Å². The molecule has 0 aliphatic heterocycles. The average molecular weight is 380 g/mol. The van der Waals surface area contributed by atoms with Crippen molar-refractivity contribution in [3.05, 3.63) is 57.6 Å². The maximum absolute atomic E-state index is 12.6. The summed E-state index contributed by atoms with van der Waals surface area (Å²) < 4.78 is 43.3. The van der Waals surface area contributed by atoms with E-state index in [1.54, 1.807) is 6.92 Å². The lowest BCUT2D eigenvalue weighted by Gasteiger charge is -2.12. The largest absolute Gasteiger partial charge is 0.456 e. The van der Waals surface area contributed by atoms with Crippen LogP contribution in [0.25, 0.3) is 0 Å². The van der Waals surface area contributed by atoms with Crippen LogP contribution in [0.15, 0.2) is 36.4 Å². The van der Waals surface area contributed by atoms with Crippen LogP contribution in [-0.2, 0) is 6.18 Å². The highest BCUT2D eigenvalue weighted by molar-refractivity contribution is 6.34. The van der Waals surface area contributed by atoms with Crippen molar-refractivity contribution in [3.8, 4) is 11.5 Å². The number of rotatable bonds is 4. The van der Waals surface area contributed by atoms with Crippen molar-refractivity contribution in [1.82, 2.24) is 6.15 Å². The van der Waals surface area contributed by atoms with Crippen LogP contribution in [-0.4, -0.2) is 5.78 Å². The minimum absolute atomic E-state index is 0. The second-order valence-electron chi connectivity index (χ2n) is 4.66. The number of carbonyl (C=O) groups excluding carboxylic acids is 1. The summed E-state index contributed by atoms with van der Waals surface area (Å²) >= 11 is 11.8. The average Bonchev–Trinajstić information content (AvgIpc) is 2.49. The number of hydrogen-bond acceptors (Lipinski definition) is 3. The van der Waals surface area contributed by atoms with Gasteiger partial charge in [-0.2, -0.15) is 13.2 Å². The fourth-order valence-corrected chi connectivity index (χ4v) is 2.30. The standard InChI is InChI=1S/C16H11Cl2F3O2.H3N/c1-2-14(22)11-8-10(4-5-12(11)17)23-15-6-3-9(7-13(15)18)16(19,20)21;/h3-8H,2H2,1H3;1H3. The summed E-state index contributed by atoms with van der Waals surface area (Å²) in [6.07, 6.45) is -4.21. The summed E-state index contributed by atoms with van der Waals surface area (Å²) in [4.78, 5) is 11.8. The number of benzene rings is 2. The van der Waals surface area contributed by atoms with Gasteiger partial charge in [-0.15, -0.1) is 0 Å². The van der Waals surface area contributed by atoms with Crippen molar-refractivity contribution in [1.29, 1.82) is 0 Å². The Morgan fingerprint density at radius 3 is 2.29 bits per heavy atom. The fourth-order valence-electron chi connectivity index (χ4n) is 1.86. The van der Waals surface area contributed by atoms with E-state index in [0.717, 1.165) is 18.2 Å². The van der Waals surface area contributed by atoms with Crippen LogP contribution in [0.1, 0.15) is 29.3 Å². The quantitative estimate of drug-likeness (QED) is 0.611. The molecular weight excluding hydrogens is 366 g/mol. The number of hydrogen-bond donors (Lipinski definition) is 1. The zero-order valence-electron chi connectivity index (χ0n) is 12.6. The van der Waals surface area contributed by atoms with Gasteiger partial charge in [-0.25, -0.2) is 0 Å². The van der Waals surface area contributed by atoms with Gasteiger partial charge in [0.2, 0.25) is 0 Å². The molecule has 0 atom stereocenters. The van der Waals surface area contributed by atoms with Gasteiger partial charge in [-0.05, 0) is 36.4 Å². The zero-order valence-corrected chi connectivity index (χ0v) is 14.1. The summed E-state index contributed by atoms with van der Waals surface area (Å²) in [5.41, 5.74) is -0.581. The van der Waals surface area contributed by atoms with Crippen molar-refractivity contribution < 1.29 is 22.7 Å². The Kier molecular flexibility index (Phi) is 6.66. The van der Waals surface area contributed by atoms with Crippen LogP contribution in [0.3, 0.4) is 0 Å². The van der Waals surface area contributed by atoms with E-state index in [1.165, 1.54) is 18.2 Å². The fraction of sp³-hybridized carbons (Fsp3) is 0.188. The Morgan fingerprint density at radius 2 is 1.75 bits per heavy atom. The lowest BCUT2D eigenvalue weighted by molar-refractivity contribution is -0.137. The van der Waals surface area contributed by atoms with Gasteiger partial charge in [-0.3, -0.25) is 4.79 Å². The van der Waals surface area contributed by atoms with Crippen molar-refractivity contribution in [3.63, 3.8) is 0 Å². The lowest BCUT2D eigenvalue weighted by atomic mass is 10.1. The lowest BCUT2D eigenvalue weighted by Crippen LogP contribution is -2.04. The predicted octanol–water partition coefficient (Wildman–Crippen LogP) is 6.56. The maximum atomic E-state index is 12.6. The molecule has 0 aliphatic carbocycles. The van der Waals surface area contributed by atoms with E-state index < -0.39 is 11.7 Å². The van der Waals surface area contributed by atoms with Gasteiger partial charge in [0.15, 0.2) is 5.78 Å². The molecule has 2 aromatic carbocycles. The number of ether oxygens (including phenoxy) is 1. The van der Waals surface area contributed by atoms with Crippen LogP contribution < -0.4 is 10.9 Å². The van der Waals surface area contributed by atoms with Crippen molar-refractivity contribution >= 4 is 29.0 Å². The van der Waals surface area contributed by atoms with E-state index in [4.69, 9.17) is 27.9 Å². The molecule has 0 heterocycles. The van der Waals surface area contributed by atoms with Crippen LogP contribution in [0.5, 0.6) is 11.5 Å². The van der Waals surface area contributed by atoms with Gasteiger partial charge in [0.25, 0.3) is 0 Å². The van der Waals surface area contributed by atoms with Crippen LogP contribution >= 0.6 is 23.2 Å². The number of carbonyl (C=O) groups is 1. The van der Waals surface area contributed by atoms with Crippen molar-refractivity contribution in [2.75, 3.05) is 0 Å². The highest BCUT2D eigenvalue weighted by Crippen LogP contribution is 2.37. The molecule has 3 N–H and O–H groups in total. The second kappa shape index (κ2) is 7.88. The molecule has 0 unspecified atom stereocenters. The van der Waals surface area contributed by atoms with Crippen molar-refractivity contribution in [2.45, 2.75) is 19.5 Å². The third-order valence-electron chi connectivity index (χ3n) is 3.05. The third kappa shape index (κ3) is 4.63. The molecule has 130 valence electrons. The molecule has 0 bridgehead atoms. The first-order valence-corrected chi connectivity index (χ1v) is 7.35. The van der Waals surface area contributed by atoms with Gasteiger partial charge in [0.1, 0.15) is 11.5 Å². The van der Waals surface area contributed by atoms with Gasteiger partial charge >= 0.3 is 6.18 Å². The Hall–Kier alpha value is -1.76. The summed E-state index contributed by atoms with van der Waals surface area (Å²) in [5.74, 6) is 0.142. The Bertz CT molecular complexity index is 749. The maximum Gasteiger partial charge on any atom is 0.416 e. The van der Waals surface area contributed by atoms with Gasteiger partial charge < -0.3 is 10.9 Å². The Labute approximate surface area is 146 Å². The first-order valence-electron chi connectivity index (χ1n) is 6.59. The third-order valence-corrected chi connectivity index (χ3v) is 3.67. The molecular formula is C16H14Cl2F3NO2. The first kappa shape index (κ1) is 20.3. The summed E-state index contributed by atoms with van der Waals surface area (Å²) in [5, 5.41) is 0.0980. The van der Waals surface area contributed by atoms with E-state index >= 15 is 0 Å². The molecule has 0 fully saturated rings. The Morgan fingerprint density at radius 1 is 1.08 bits per heavy atom. The number of ketones is 1. The SMILES string of the molecule is CCC(=O)c1cc(Oc2ccc(C(F)(F)F)cc2Cl)ccc1Cl.N. The molecule has 0 aromatic heterocycles. The number of Topliss-reactive ketones (excluding diaryl/α,β-unsaturated/α-hetero) is 1. The van der Waals surface area contributed by atoms with Gasteiger partial charge in [0, 0.05) is 12.0 Å². The van der Waals surface area contributed by atoms with E-state index in [-0.39, 0.29) is 45.5 Å². The molecule has 3 nitrogen and oxygen atoms in total. The number of alkyl halides is 3. The smallest absolute Gasteiger partial charge is 0.416 e. The minimum atomic E-state index is -4.48. The monoisotopic (exact) mass is 379 g/mol. The molecule has 0 saturated carbocycles. The molecule has 2 rings (SSSR count). The van der Waals surface area contributed by atoms with Crippen LogP contribution in [0.4, 0.5) is 13.2 Å². The first-order chi connectivity index (χ1) is 10.7. The zero-order chi connectivity index (χ0) is 17.2. The molecule has 0 aliphatic rings. The molecule has 8 heteroatoms. The molecule has 2 aromatic rings. The normalized spacial score (nSPS) is 10.9. The van der Waals surface area contributed by atoms with E-state index in [1.807, 2.05) is 0 Å². The summed E-state index contributed by atoms with van der Waals surface area (Å²) in [6.45, 7) is 1.69. The predicted molar refractivity (Wildman–Crippen MR) is 87.6 cm³/mol. The van der Waals surface area contributed by atoms with Crippen LogP contribution in [0, 0.1) is 0 Å². The summed E-state index contributed by atoms with van der Waals surface area (Å²) in [6, 6.07) is 7.20. The summed E-state index contributed by atoms with van der Waals surface area (Å²) in [7, 11) is 0. The van der Waals surface area contributed by atoms with Gasteiger partial charge in [0.05, 0.1) is 15.6 Å².